The van der Waals surface area contributed by atoms with Gasteiger partial charge in [-0.2, -0.15) is 0 Å². The molecule has 0 radical (unpaired) electrons. The lowest BCUT2D eigenvalue weighted by Crippen LogP contribution is -2.48. The van der Waals surface area contributed by atoms with Crippen LogP contribution in [0.1, 0.15) is 10.4 Å². The molecule has 5 nitrogen and oxygen atoms in total. The minimum atomic E-state index is -0.389. The fraction of sp³-hybridized carbons (Fsp3) is 0.250. The normalized spacial score (nSPS) is 14.2. The quantitative estimate of drug-likeness (QED) is 0.789. The fourth-order valence-corrected chi connectivity index (χ4v) is 2.20. The van der Waals surface area contributed by atoms with E-state index in [1.807, 2.05) is 0 Å². The van der Waals surface area contributed by atoms with Gasteiger partial charge in [-0.1, -0.05) is 12.1 Å². The molecule has 1 aromatic carbocycles. The van der Waals surface area contributed by atoms with E-state index < -0.39 is 0 Å². The second-order valence-corrected chi connectivity index (χ2v) is 5.24. The highest BCUT2D eigenvalue weighted by Crippen LogP contribution is 2.20. The predicted octanol–water partition coefficient (Wildman–Crippen LogP) is 1.91. The summed E-state index contributed by atoms with van der Waals surface area (Å²) in [6.07, 6.45) is 1.57. The van der Waals surface area contributed by atoms with E-state index in [0.717, 1.165) is 13.1 Å². The predicted molar refractivity (Wildman–Crippen MR) is 82.6 cm³/mol. The highest BCUT2D eigenvalue weighted by Gasteiger charge is 2.19. The minimum absolute atomic E-state index is 0.209. The van der Waals surface area contributed by atoms with E-state index in [-0.39, 0.29) is 11.7 Å². The Hall–Kier alpha value is -2.47. The molecule has 3 rings (SSSR count). The summed E-state index contributed by atoms with van der Waals surface area (Å²) in [5.41, 5.74) is 0.691. The topological polar surface area (TPSA) is 66.0 Å². The van der Waals surface area contributed by atoms with Gasteiger partial charge >= 0.3 is 0 Å². The molecule has 0 bridgehead atoms. The number of para-hydroxylation sites is 1. The minimum Gasteiger partial charge on any atom is -0.352 e. The molecule has 1 aliphatic heterocycles. The third kappa shape index (κ3) is 3.23. The molecule has 0 spiro atoms. The lowest BCUT2D eigenvalue weighted by molar-refractivity contribution is 0.0943. The van der Waals surface area contributed by atoms with Crippen molar-refractivity contribution >= 4 is 17.4 Å². The van der Waals surface area contributed by atoms with Gasteiger partial charge in [-0.25, -0.2) is 9.37 Å². The van der Waals surface area contributed by atoms with Gasteiger partial charge in [0.2, 0.25) is 0 Å². The van der Waals surface area contributed by atoms with Gasteiger partial charge < -0.3 is 16.0 Å². The summed E-state index contributed by atoms with van der Waals surface area (Å²) in [6.45, 7) is 2.47. The zero-order valence-corrected chi connectivity index (χ0v) is 12.0. The van der Waals surface area contributed by atoms with Crippen LogP contribution in [0.15, 0.2) is 42.6 Å². The molecule has 2 aromatic rings. The molecule has 3 N–H and O–H groups in total. The van der Waals surface area contributed by atoms with Crippen molar-refractivity contribution in [2.75, 3.05) is 25.0 Å². The van der Waals surface area contributed by atoms with E-state index in [1.165, 1.54) is 6.07 Å². The molecule has 1 amide bonds. The number of amides is 1. The zero-order valence-electron chi connectivity index (χ0n) is 12.0. The van der Waals surface area contributed by atoms with Gasteiger partial charge in [0, 0.05) is 31.7 Å². The van der Waals surface area contributed by atoms with Gasteiger partial charge in [0.15, 0.2) is 0 Å². The average molecular weight is 300 g/mol. The first kappa shape index (κ1) is 14.5. The third-order valence-corrected chi connectivity index (χ3v) is 3.60. The number of benzene rings is 1. The van der Waals surface area contributed by atoms with Crippen molar-refractivity contribution < 1.29 is 9.18 Å². The maximum atomic E-state index is 13.7. The monoisotopic (exact) mass is 300 g/mol. The van der Waals surface area contributed by atoms with Crippen LogP contribution in [0, 0.1) is 11.7 Å². The summed E-state index contributed by atoms with van der Waals surface area (Å²) in [7, 11) is 0. The molecule has 22 heavy (non-hydrogen) atoms. The first-order chi connectivity index (χ1) is 10.7. The molecule has 0 atom stereocenters. The van der Waals surface area contributed by atoms with Crippen molar-refractivity contribution in [3.63, 3.8) is 0 Å². The SMILES string of the molecule is O=C(NCC1CNC1)c1cccnc1Nc1ccccc1F. The molecular weight excluding hydrogens is 283 g/mol. The maximum Gasteiger partial charge on any atom is 0.255 e. The number of pyridine rings is 1. The Labute approximate surface area is 128 Å². The lowest BCUT2D eigenvalue weighted by atomic mass is 10.0. The number of halogens is 1. The van der Waals surface area contributed by atoms with Gasteiger partial charge in [-0.05, 0) is 24.3 Å². The number of carbonyl (C=O) groups excluding carboxylic acids is 1. The summed E-state index contributed by atoms with van der Waals surface area (Å²) in [4.78, 5) is 16.4. The Balaban J connectivity index is 1.74. The summed E-state index contributed by atoms with van der Waals surface area (Å²) in [5.74, 6) is 0.222. The lowest BCUT2D eigenvalue weighted by Gasteiger charge is -2.27. The van der Waals surface area contributed by atoms with Crippen molar-refractivity contribution in [3.05, 3.63) is 54.0 Å². The summed E-state index contributed by atoms with van der Waals surface area (Å²) < 4.78 is 13.7. The van der Waals surface area contributed by atoms with Crippen LogP contribution in [0.25, 0.3) is 0 Å². The number of anilines is 2. The molecule has 114 valence electrons. The fourth-order valence-electron chi connectivity index (χ4n) is 2.20. The van der Waals surface area contributed by atoms with E-state index in [4.69, 9.17) is 0 Å². The van der Waals surface area contributed by atoms with Gasteiger partial charge in [0.05, 0.1) is 11.3 Å². The number of hydrogen-bond donors (Lipinski definition) is 3. The highest BCUT2D eigenvalue weighted by molar-refractivity contribution is 5.99. The smallest absolute Gasteiger partial charge is 0.255 e. The number of rotatable bonds is 5. The van der Waals surface area contributed by atoms with E-state index in [1.54, 1.807) is 36.5 Å². The molecule has 6 heteroatoms. The van der Waals surface area contributed by atoms with Gasteiger partial charge in [0.1, 0.15) is 11.6 Å². The Kier molecular flexibility index (Phi) is 4.29. The number of nitrogens with zero attached hydrogens (tertiary/aromatic N) is 1. The van der Waals surface area contributed by atoms with Crippen LogP contribution in [0.2, 0.25) is 0 Å². The summed E-state index contributed by atoms with van der Waals surface area (Å²) in [6, 6.07) is 9.65. The van der Waals surface area contributed by atoms with Crippen LogP contribution in [-0.2, 0) is 0 Å². The molecule has 1 aliphatic rings. The van der Waals surface area contributed by atoms with Crippen LogP contribution in [-0.4, -0.2) is 30.5 Å². The van der Waals surface area contributed by atoms with Crippen molar-refractivity contribution in [2.24, 2.45) is 5.92 Å². The zero-order chi connectivity index (χ0) is 15.4. The average Bonchev–Trinajstić information content (AvgIpc) is 2.48. The van der Waals surface area contributed by atoms with Crippen molar-refractivity contribution in [1.29, 1.82) is 0 Å². The molecule has 2 heterocycles. The molecule has 1 saturated heterocycles. The second-order valence-electron chi connectivity index (χ2n) is 5.24. The Morgan fingerprint density at radius 1 is 1.27 bits per heavy atom. The Morgan fingerprint density at radius 3 is 2.82 bits per heavy atom. The van der Waals surface area contributed by atoms with E-state index in [9.17, 15) is 9.18 Å². The number of carbonyl (C=O) groups is 1. The van der Waals surface area contributed by atoms with Crippen LogP contribution in [0.5, 0.6) is 0 Å². The van der Waals surface area contributed by atoms with Crippen LogP contribution < -0.4 is 16.0 Å². The second kappa shape index (κ2) is 6.53. The van der Waals surface area contributed by atoms with Crippen LogP contribution in [0.4, 0.5) is 15.9 Å². The first-order valence-corrected chi connectivity index (χ1v) is 7.19. The summed E-state index contributed by atoms with van der Waals surface area (Å²) >= 11 is 0. The molecule has 0 unspecified atom stereocenters. The van der Waals surface area contributed by atoms with Gasteiger partial charge in [-0.15, -0.1) is 0 Å². The number of nitrogens with one attached hydrogen (secondary N) is 3. The molecule has 1 fully saturated rings. The van der Waals surface area contributed by atoms with Crippen molar-refractivity contribution in [2.45, 2.75) is 0 Å². The number of hydrogen-bond acceptors (Lipinski definition) is 4. The molecule has 0 aliphatic carbocycles. The van der Waals surface area contributed by atoms with Crippen molar-refractivity contribution in [3.8, 4) is 0 Å². The van der Waals surface area contributed by atoms with E-state index in [0.29, 0.717) is 29.5 Å². The van der Waals surface area contributed by atoms with Gasteiger partial charge in [-0.3, -0.25) is 4.79 Å². The van der Waals surface area contributed by atoms with Crippen LogP contribution >= 0.6 is 0 Å². The Morgan fingerprint density at radius 2 is 2.09 bits per heavy atom. The molecular formula is C16H17FN4O. The summed E-state index contributed by atoms with van der Waals surface area (Å²) in [5, 5.41) is 8.92. The first-order valence-electron chi connectivity index (χ1n) is 7.19. The molecule has 1 aromatic heterocycles. The molecule has 0 saturated carbocycles. The third-order valence-electron chi connectivity index (χ3n) is 3.60. The standard InChI is InChI=1S/C16H17FN4O/c17-13-5-1-2-6-14(13)21-15-12(4-3-7-19-15)16(22)20-10-11-8-18-9-11/h1-7,11,18H,8-10H2,(H,19,21)(H,20,22). The van der Waals surface area contributed by atoms with Crippen molar-refractivity contribution in [1.82, 2.24) is 15.6 Å². The largest absolute Gasteiger partial charge is 0.352 e. The van der Waals surface area contributed by atoms with Gasteiger partial charge in [0.25, 0.3) is 5.91 Å². The highest BCUT2D eigenvalue weighted by atomic mass is 19.1. The Bertz CT molecular complexity index is 673. The van der Waals surface area contributed by atoms with Crippen LogP contribution in [0.3, 0.4) is 0 Å². The van der Waals surface area contributed by atoms with E-state index in [2.05, 4.69) is 20.9 Å². The maximum absolute atomic E-state index is 13.7. The number of aromatic nitrogens is 1. The van der Waals surface area contributed by atoms with E-state index >= 15 is 0 Å².